The molecule has 5 atom stereocenters. The zero-order valence-corrected chi connectivity index (χ0v) is 40.0. The quantitative estimate of drug-likeness (QED) is 0.151. The molecule has 5 unspecified atom stereocenters. The second kappa shape index (κ2) is 17.6. The molecule has 1 spiro atoms. The molecule has 0 saturated heterocycles. The maximum absolute atomic E-state index is 5.24. The molecular formula is C65H52N6. The summed E-state index contributed by atoms with van der Waals surface area (Å²) in [6, 6.07) is 72.6. The predicted molar refractivity (Wildman–Crippen MR) is 287 cm³/mol. The smallest absolute Gasteiger partial charge is 0.164 e. The van der Waals surface area contributed by atoms with Crippen LogP contribution in [0.1, 0.15) is 50.7 Å². The van der Waals surface area contributed by atoms with Gasteiger partial charge in [-0.15, -0.1) is 0 Å². The zero-order chi connectivity index (χ0) is 47.5. The average Bonchev–Trinajstić information content (AvgIpc) is 3.74. The molecule has 6 nitrogen and oxygen atoms in total. The fourth-order valence-corrected chi connectivity index (χ4v) is 12.7. The molecule has 2 fully saturated rings. The molecule has 13 rings (SSSR count). The second-order valence-electron chi connectivity index (χ2n) is 20.1. The van der Waals surface area contributed by atoms with Crippen molar-refractivity contribution >= 4 is 0 Å². The van der Waals surface area contributed by atoms with Gasteiger partial charge < -0.3 is 0 Å². The number of aromatic nitrogens is 6. The van der Waals surface area contributed by atoms with Gasteiger partial charge in [-0.25, -0.2) is 29.9 Å². The minimum Gasteiger partial charge on any atom is -0.208 e. The number of fused-ring (bicyclic) bond motifs is 8. The highest BCUT2D eigenvalue weighted by molar-refractivity contribution is 5.87. The molecule has 342 valence electrons. The lowest BCUT2D eigenvalue weighted by Gasteiger charge is -2.54. The topological polar surface area (TPSA) is 77.3 Å². The van der Waals surface area contributed by atoms with Crippen molar-refractivity contribution in [1.29, 1.82) is 0 Å². The Hall–Kier alpha value is -8.22. The summed E-state index contributed by atoms with van der Waals surface area (Å²) in [5, 5.41) is 0. The van der Waals surface area contributed by atoms with Crippen molar-refractivity contribution in [2.75, 3.05) is 0 Å². The molecule has 10 aromatic rings. The molecule has 0 N–H and O–H groups in total. The van der Waals surface area contributed by atoms with Gasteiger partial charge in [0.25, 0.3) is 0 Å². The fourth-order valence-electron chi connectivity index (χ4n) is 12.7. The Bertz CT molecular complexity index is 3460. The first-order valence-electron chi connectivity index (χ1n) is 25.2. The van der Waals surface area contributed by atoms with Gasteiger partial charge in [-0.3, -0.25) is 0 Å². The van der Waals surface area contributed by atoms with Crippen molar-refractivity contribution in [1.82, 2.24) is 29.9 Å². The van der Waals surface area contributed by atoms with Crippen molar-refractivity contribution < 1.29 is 0 Å². The molecule has 3 aliphatic carbocycles. The van der Waals surface area contributed by atoms with Crippen LogP contribution in [-0.2, 0) is 5.41 Å². The van der Waals surface area contributed by atoms with E-state index in [1.807, 2.05) is 121 Å². The average molecular weight is 917 g/mol. The molecule has 71 heavy (non-hydrogen) atoms. The van der Waals surface area contributed by atoms with Gasteiger partial charge in [0.15, 0.2) is 34.9 Å². The fraction of sp³-hybridized carbons (Fsp3) is 0.169. The van der Waals surface area contributed by atoms with Crippen LogP contribution in [-0.4, -0.2) is 29.9 Å². The Balaban J connectivity index is 0.942. The normalized spacial score (nSPS) is 19.8. The van der Waals surface area contributed by atoms with E-state index in [1.54, 1.807) is 11.1 Å². The summed E-state index contributed by atoms with van der Waals surface area (Å²) in [4.78, 5) is 30.9. The Morgan fingerprint density at radius 1 is 0.310 bits per heavy atom. The maximum atomic E-state index is 5.24. The van der Waals surface area contributed by atoms with Crippen LogP contribution in [0.25, 0.3) is 102 Å². The van der Waals surface area contributed by atoms with Gasteiger partial charge in [0.2, 0.25) is 0 Å². The molecule has 0 radical (unpaired) electrons. The summed E-state index contributed by atoms with van der Waals surface area (Å²) in [7, 11) is 0. The predicted octanol–water partition coefficient (Wildman–Crippen LogP) is 15.8. The standard InChI is InChI=1S/C65H52N6/c1-41-35-43-37-42(2)65(52(36-41)38-43)57-26-16-15-25-53(57)55-39-51(32-34-58(55)65)45-29-27-44(28-30-45)50-31-33-54(63-68-59(46-17-7-3-8-18-46)66-60(69-63)47-19-9-4-10-20-47)56(40-50)64-70-61(48-21-11-5-12-22-48)67-62(71-64)49-23-13-6-14-24-49/h3-34,39-43,52H,35-38H2,1-2H3. The largest absolute Gasteiger partial charge is 0.208 e. The van der Waals surface area contributed by atoms with E-state index in [4.69, 9.17) is 29.9 Å². The summed E-state index contributed by atoms with van der Waals surface area (Å²) in [5.41, 5.74) is 15.7. The van der Waals surface area contributed by atoms with Crippen molar-refractivity contribution in [3.8, 4) is 102 Å². The summed E-state index contributed by atoms with van der Waals surface area (Å²) in [5.74, 6) is 6.30. The molecule has 2 bridgehead atoms. The monoisotopic (exact) mass is 916 g/mol. The van der Waals surface area contributed by atoms with Gasteiger partial charge in [-0.2, -0.15) is 0 Å². The Labute approximate surface area is 415 Å². The van der Waals surface area contributed by atoms with Crippen LogP contribution in [0.15, 0.2) is 206 Å². The third kappa shape index (κ3) is 7.57. The van der Waals surface area contributed by atoms with E-state index < -0.39 is 0 Å². The van der Waals surface area contributed by atoms with Crippen LogP contribution < -0.4 is 0 Å². The molecule has 0 aliphatic heterocycles. The van der Waals surface area contributed by atoms with Crippen LogP contribution in [0.4, 0.5) is 0 Å². The molecule has 8 aromatic carbocycles. The van der Waals surface area contributed by atoms with E-state index in [9.17, 15) is 0 Å². The van der Waals surface area contributed by atoms with Gasteiger partial charge in [0.1, 0.15) is 0 Å². The van der Waals surface area contributed by atoms with Crippen molar-refractivity contribution in [2.45, 2.75) is 44.9 Å². The number of benzene rings is 8. The third-order valence-electron chi connectivity index (χ3n) is 15.7. The van der Waals surface area contributed by atoms with E-state index in [0.29, 0.717) is 46.8 Å². The van der Waals surface area contributed by atoms with Crippen molar-refractivity contribution in [2.24, 2.45) is 23.7 Å². The minimum absolute atomic E-state index is 0.0825. The van der Waals surface area contributed by atoms with Gasteiger partial charge >= 0.3 is 0 Å². The Morgan fingerprint density at radius 2 is 0.718 bits per heavy atom. The molecular weight excluding hydrogens is 865 g/mol. The number of rotatable bonds is 8. The first-order chi connectivity index (χ1) is 35.0. The first kappa shape index (κ1) is 42.8. The Kier molecular flexibility index (Phi) is 10.6. The molecule has 2 heterocycles. The van der Waals surface area contributed by atoms with E-state index in [0.717, 1.165) is 56.3 Å². The van der Waals surface area contributed by atoms with Crippen LogP contribution >= 0.6 is 0 Å². The van der Waals surface area contributed by atoms with E-state index in [1.165, 1.54) is 47.9 Å². The summed E-state index contributed by atoms with van der Waals surface area (Å²) in [6.07, 6.45) is 5.37. The van der Waals surface area contributed by atoms with Gasteiger partial charge in [-0.05, 0) is 112 Å². The van der Waals surface area contributed by atoms with Crippen LogP contribution in [0, 0.1) is 23.7 Å². The van der Waals surface area contributed by atoms with Gasteiger partial charge in [0.05, 0.1) is 0 Å². The lowest BCUT2D eigenvalue weighted by Crippen LogP contribution is -2.49. The SMILES string of the molecule is CC1CC2CC(C)C3(c4ccccc4-c4cc(-c5ccc(-c6ccc(-c7nc(-c8ccccc8)nc(-c8ccccc8)n7)c(-c7nc(-c8ccccc8)nc(-c8ccccc8)n7)c6)cc5)ccc43)C(C1)C2. The number of hydrogen-bond donors (Lipinski definition) is 0. The van der Waals surface area contributed by atoms with Gasteiger partial charge in [-0.1, -0.05) is 202 Å². The van der Waals surface area contributed by atoms with Gasteiger partial charge in [0, 0.05) is 38.8 Å². The zero-order valence-electron chi connectivity index (χ0n) is 40.0. The number of hydrogen-bond acceptors (Lipinski definition) is 6. The van der Waals surface area contributed by atoms with Crippen LogP contribution in [0.5, 0.6) is 0 Å². The van der Waals surface area contributed by atoms with Crippen molar-refractivity contribution in [3.63, 3.8) is 0 Å². The Morgan fingerprint density at radius 3 is 1.24 bits per heavy atom. The summed E-state index contributed by atoms with van der Waals surface area (Å²) >= 11 is 0. The van der Waals surface area contributed by atoms with E-state index in [-0.39, 0.29) is 5.41 Å². The van der Waals surface area contributed by atoms with E-state index in [2.05, 4.69) is 98.8 Å². The maximum Gasteiger partial charge on any atom is 0.164 e. The molecule has 6 heteroatoms. The molecule has 0 amide bonds. The highest BCUT2D eigenvalue weighted by Gasteiger charge is 2.56. The second-order valence-corrected chi connectivity index (χ2v) is 20.1. The minimum atomic E-state index is 0.0825. The third-order valence-corrected chi connectivity index (χ3v) is 15.7. The van der Waals surface area contributed by atoms with Crippen molar-refractivity contribution in [3.05, 3.63) is 217 Å². The van der Waals surface area contributed by atoms with Crippen LogP contribution in [0.3, 0.4) is 0 Å². The lowest BCUT2D eigenvalue weighted by atomic mass is 9.49. The molecule has 3 aliphatic rings. The summed E-state index contributed by atoms with van der Waals surface area (Å²) < 4.78 is 0. The molecule has 2 aromatic heterocycles. The summed E-state index contributed by atoms with van der Waals surface area (Å²) in [6.45, 7) is 5.03. The lowest BCUT2D eigenvalue weighted by molar-refractivity contribution is 0.0426. The molecule has 2 saturated carbocycles. The number of nitrogens with zero attached hydrogens (tertiary/aromatic N) is 6. The van der Waals surface area contributed by atoms with Crippen LogP contribution in [0.2, 0.25) is 0 Å². The highest BCUT2D eigenvalue weighted by atomic mass is 15.1. The highest BCUT2D eigenvalue weighted by Crippen LogP contribution is 2.64. The van der Waals surface area contributed by atoms with E-state index >= 15 is 0 Å². The first-order valence-corrected chi connectivity index (χ1v) is 25.2.